The summed E-state index contributed by atoms with van der Waals surface area (Å²) in [4.78, 5) is 41.9. The van der Waals surface area contributed by atoms with Gasteiger partial charge in [0.2, 0.25) is 23.5 Å². The van der Waals surface area contributed by atoms with Crippen LogP contribution in [-0.4, -0.2) is 216 Å². The summed E-state index contributed by atoms with van der Waals surface area (Å²) in [6.07, 6.45) is -20.9. The zero-order valence-electron chi connectivity index (χ0n) is 40.2. The summed E-state index contributed by atoms with van der Waals surface area (Å²) in [5.41, 5.74) is 0.993. The van der Waals surface area contributed by atoms with Crippen molar-refractivity contribution in [2.45, 2.75) is 163 Å². The van der Waals surface area contributed by atoms with Gasteiger partial charge in [0.15, 0.2) is 24.5 Å². The maximum Gasteiger partial charge on any atom is 0.273 e. The number of carbonyl (C=O) groups is 3. The van der Waals surface area contributed by atoms with Crippen LogP contribution in [0.3, 0.4) is 0 Å². The predicted molar refractivity (Wildman–Crippen MR) is 244 cm³/mol. The van der Waals surface area contributed by atoms with Crippen molar-refractivity contribution < 1.29 is 103 Å². The Morgan fingerprint density at radius 2 is 1.25 bits per heavy atom. The molecule has 0 spiro atoms. The topological polar surface area (TPSA) is 410 Å². The fourth-order valence-electron chi connectivity index (χ4n) is 8.30. The van der Waals surface area contributed by atoms with Crippen LogP contribution in [0, 0.1) is 6.92 Å². The highest BCUT2D eigenvalue weighted by atomic mass is 16.7. The molecule has 0 bridgehead atoms. The first kappa shape index (κ1) is 57.5. The second kappa shape index (κ2) is 28.2. The van der Waals surface area contributed by atoms with Crippen LogP contribution in [0.15, 0.2) is 39.4 Å². The number of carbonyl (C=O) groups excluding carboxylic acids is 3. The summed E-state index contributed by atoms with van der Waals surface area (Å²) >= 11 is 0. The highest BCUT2D eigenvalue weighted by Gasteiger charge is 2.53. The standard InChI is InChI=1S/C46H68N6O21/c1-23-49-42(52-72-23)24-12-14-25(15-13-24)66-18-8-9-26-19-27(51-73-26)43(65)48-17-7-2-4-10-31(56)47-16-6-3-5-11-32(57)50-44-37(62)36(61)40(30(22-55)67-44)70-46-39(64)41(34(59)29(21-54)69-46)71-45-38(63)35(60)33(58)28(20-53)68-45/h12-15,19,28-30,33-41,44-46,53-55,58-64H,2-11,16-18,20-22H2,1H3,(H,47,56)(H,48,65)(H,50,57)/t28-,29-,30-,33+,34+,35+,36-,37-,38-,39-,40-,41+,44-,45-,46+/m1/s1. The molecule has 0 saturated carbocycles. The number of hydrogen-bond donors (Lipinski definition) is 13. The van der Waals surface area contributed by atoms with Crippen LogP contribution in [-0.2, 0) is 39.7 Å². The lowest BCUT2D eigenvalue weighted by Crippen LogP contribution is -2.67. The fraction of sp³-hybridized carbons (Fsp3) is 0.696. The molecule has 0 aliphatic carbocycles. The van der Waals surface area contributed by atoms with E-state index in [1.807, 2.05) is 24.3 Å². The first-order chi connectivity index (χ1) is 35.1. The molecule has 3 saturated heterocycles. The zero-order valence-corrected chi connectivity index (χ0v) is 40.2. The Bertz CT molecular complexity index is 2150. The van der Waals surface area contributed by atoms with Gasteiger partial charge in [0.25, 0.3) is 5.91 Å². The van der Waals surface area contributed by atoms with E-state index >= 15 is 0 Å². The number of aliphatic hydroxyl groups is 10. The quantitative estimate of drug-likeness (QED) is 0.0331. The van der Waals surface area contributed by atoms with Crippen LogP contribution < -0.4 is 20.7 Å². The molecule has 3 aromatic rings. The van der Waals surface area contributed by atoms with Gasteiger partial charge in [0.1, 0.15) is 84.8 Å². The molecular formula is C46H68N6O21. The van der Waals surface area contributed by atoms with Crippen LogP contribution in [0.2, 0.25) is 0 Å². The van der Waals surface area contributed by atoms with E-state index in [9.17, 15) is 65.4 Å². The van der Waals surface area contributed by atoms with Crippen molar-refractivity contribution in [3.05, 3.63) is 47.7 Å². The van der Waals surface area contributed by atoms with E-state index in [1.54, 1.807) is 13.0 Å². The fourth-order valence-corrected chi connectivity index (χ4v) is 8.30. The number of hydrogen-bond acceptors (Lipinski definition) is 24. The van der Waals surface area contributed by atoms with Crippen LogP contribution in [0.4, 0.5) is 0 Å². The Balaban J connectivity index is 0.798. The number of aromatic nitrogens is 3. The minimum atomic E-state index is -1.97. The number of nitrogens with zero attached hydrogens (tertiary/aromatic N) is 3. The van der Waals surface area contributed by atoms with E-state index in [4.69, 9.17) is 37.5 Å². The van der Waals surface area contributed by atoms with Gasteiger partial charge in [-0.25, -0.2) is 0 Å². The largest absolute Gasteiger partial charge is 0.494 e. The molecule has 1 aromatic carbocycles. The first-order valence-electron chi connectivity index (χ1n) is 24.3. The molecule has 3 fully saturated rings. The van der Waals surface area contributed by atoms with E-state index in [0.717, 1.165) is 5.56 Å². The third kappa shape index (κ3) is 15.9. The van der Waals surface area contributed by atoms with Gasteiger partial charge in [-0.2, -0.15) is 4.98 Å². The highest BCUT2D eigenvalue weighted by Crippen LogP contribution is 2.32. The predicted octanol–water partition coefficient (Wildman–Crippen LogP) is -3.42. The Kier molecular flexibility index (Phi) is 22.2. The van der Waals surface area contributed by atoms with Gasteiger partial charge in [0.05, 0.1) is 26.4 Å². The summed E-state index contributed by atoms with van der Waals surface area (Å²) in [6, 6.07) is 8.94. The Morgan fingerprint density at radius 1 is 0.616 bits per heavy atom. The minimum Gasteiger partial charge on any atom is -0.494 e. The molecular weight excluding hydrogens is 973 g/mol. The number of aliphatic hydroxyl groups excluding tert-OH is 10. The van der Waals surface area contributed by atoms with Crippen molar-refractivity contribution >= 4 is 17.7 Å². The molecule has 3 aliphatic rings. The monoisotopic (exact) mass is 1040 g/mol. The maximum atomic E-state index is 12.8. The Morgan fingerprint density at radius 3 is 1.90 bits per heavy atom. The smallest absolute Gasteiger partial charge is 0.273 e. The summed E-state index contributed by atoms with van der Waals surface area (Å²) in [7, 11) is 0. The molecule has 15 atom stereocenters. The second-order valence-electron chi connectivity index (χ2n) is 18.0. The zero-order chi connectivity index (χ0) is 52.6. The van der Waals surface area contributed by atoms with E-state index in [0.29, 0.717) is 101 Å². The lowest BCUT2D eigenvalue weighted by atomic mass is 9.95. The highest BCUT2D eigenvalue weighted by molar-refractivity contribution is 5.92. The van der Waals surface area contributed by atoms with Crippen molar-refractivity contribution in [2.24, 2.45) is 0 Å². The van der Waals surface area contributed by atoms with E-state index < -0.39 is 118 Å². The Labute approximate surface area is 418 Å². The molecule has 408 valence electrons. The summed E-state index contributed by atoms with van der Waals surface area (Å²) in [5, 5.41) is 120. The molecule has 27 nitrogen and oxygen atoms in total. The number of aryl methyl sites for hydroxylation is 2. The molecule has 2 aromatic heterocycles. The van der Waals surface area contributed by atoms with Gasteiger partial charge in [-0.15, -0.1) is 0 Å². The summed E-state index contributed by atoms with van der Waals surface area (Å²) in [5.74, 6) is 1.21. The molecule has 0 unspecified atom stereocenters. The van der Waals surface area contributed by atoms with Gasteiger partial charge in [-0.05, 0) is 56.4 Å². The molecule has 27 heteroatoms. The van der Waals surface area contributed by atoms with Gasteiger partial charge < -0.3 is 104 Å². The van der Waals surface area contributed by atoms with Gasteiger partial charge in [-0.1, -0.05) is 23.2 Å². The normalized spacial score (nSPS) is 30.4. The van der Waals surface area contributed by atoms with Crippen LogP contribution in [0.25, 0.3) is 11.4 Å². The van der Waals surface area contributed by atoms with Crippen molar-refractivity contribution in [1.29, 1.82) is 0 Å². The van der Waals surface area contributed by atoms with Crippen molar-refractivity contribution in [2.75, 3.05) is 39.5 Å². The SMILES string of the molecule is Cc1nc(-c2ccc(OCCCc3cc(C(=O)NCCCCCC(=O)NCCCCCC(=O)N[C@@H]4O[C@H](CO)[C@@H](O[C@@H]5O[C@H](CO)[C@H](O)[C@H](O[C@H]6O[C@H](CO)[C@H](O)[C@H](O)[C@H]6O)[C@H]5O)[C@H](O)[C@H]4O)no3)cc2)no1. The number of nitrogens with one attached hydrogen (secondary N) is 3. The maximum absolute atomic E-state index is 12.8. The van der Waals surface area contributed by atoms with Gasteiger partial charge in [0, 0.05) is 50.9 Å². The molecule has 0 radical (unpaired) electrons. The number of rotatable bonds is 27. The lowest BCUT2D eigenvalue weighted by Gasteiger charge is -2.48. The molecule has 5 heterocycles. The lowest BCUT2D eigenvalue weighted by molar-refractivity contribution is -0.374. The minimum absolute atomic E-state index is 0.00507. The summed E-state index contributed by atoms with van der Waals surface area (Å²) in [6.45, 7) is 0.464. The van der Waals surface area contributed by atoms with E-state index in [-0.39, 0.29) is 23.9 Å². The van der Waals surface area contributed by atoms with Gasteiger partial charge >= 0.3 is 0 Å². The third-order valence-electron chi connectivity index (χ3n) is 12.5. The molecule has 6 rings (SSSR count). The van der Waals surface area contributed by atoms with E-state index in [1.165, 1.54) is 0 Å². The van der Waals surface area contributed by atoms with Crippen molar-refractivity contribution in [3.8, 4) is 17.1 Å². The molecule has 13 N–H and O–H groups in total. The molecule has 73 heavy (non-hydrogen) atoms. The average molecular weight is 1040 g/mol. The number of benzene rings is 1. The van der Waals surface area contributed by atoms with Crippen molar-refractivity contribution in [3.63, 3.8) is 0 Å². The number of unbranched alkanes of at least 4 members (excludes halogenated alkanes) is 4. The average Bonchev–Trinajstić information content (AvgIpc) is 4.06. The summed E-state index contributed by atoms with van der Waals surface area (Å²) < 4.78 is 43.9. The van der Waals surface area contributed by atoms with Crippen LogP contribution >= 0.6 is 0 Å². The van der Waals surface area contributed by atoms with Gasteiger partial charge in [-0.3, -0.25) is 14.4 Å². The molecule has 3 aliphatic heterocycles. The third-order valence-corrected chi connectivity index (χ3v) is 12.5. The van der Waals surface area contributed by atoms with Crippen molar-refractivity contribution in [1.82, 2.24) is 31.2 Å². The second-order valence-corrected chi connectivity index (χ2v) is 18.0. The first-order valence-corrected chi connectivity index (χ1v) is 24.3. The van der Waals surface area contributed by atoms with Crippen LogP contribution in [0.5, 0.6) is 5.75 Å². The number of ether oxygens (including phenoxy) is 6. The molecule has 3 amide bonds. The number of amides is 3. The Hall–Kier alpha value is -4.82. The van der Waals surface area contributed by atoms with Crippen LogP contribution in [0.1, 0.15) is 79.9 Å². The van der Waals surface area contributed by atoms with E-state index in [2.05, 4.69) is 31.2 Å².